The van der Waals surface area contributed by atoms with Crippen LogP contribution in [0.5, 0.6) is 0 Å². The second kappa shape index (κ2) is 6.71. The lowest BCUT2D eigenvalue weighted by atomic mass is 9.99. The van der Waals surface area contributed by atoms with Crippen molar-refractivity contribution in [1.82, 2.24) is 4.90 Å². The van der Waals surface area contributed by atoms with Crippen LogP contribution in [0.4, 0.5) is 4.79 Å². The molecule has 3 rings (SSSR count). The molecule has 0 N–H and O–H groups in total. The number of likely N-dealkylation sites (tertiary alicyclic amines) is 1. The van der Waals surface area contributed by atoms with E-state index in [9.17, 15) is 9.59 Å². The Labute approximate surface area is 136 Å². The largest absolute Gasteiger partial charge is 0.441 e. The molecular weight excluding hydrogens is 294 g/mol. The van der Waals surface area contributed by atoms with Gasteiger partial charge in [0.05, 0.1) is 6.10 Å². The van der Waals surface area contributed by atoms with Gasteiger partial charge < -0.3 is 9.47 Å². The summed E-state index contributed by atoms with van der Waals surface area (Å²) in [6.07, 6.45) is 0.592. The molecule has 2 saturated heterocycles. The number of ketones is 1. The topological polar surface area (TPSA) is 55.8 Å². The third kappa shape index (κ3) is 3.39. The van der Waals surface area contributed by atoms with Crippen molar-refractivity contribution in [2.24, 2.45) is 5.92 Å². The summed E-state index contributed by atoms with van der Waals surface area (Å²) in [6.45, 7) is 4.82. The molecule has 124 valence electrons. The number of carbonyl (C=O) groups excluding carboxylic acids is 2. The highest BCUT2D eigenvalue weighted by Gasteiger charge is 2.47. The molecule has 2 heterocycles. The van der Waals surface area contributed by atoms with Crippen molar-refractivity contribution < 1.29 is 19.1 Å². The van der Waals surface area contributed by atoms with Gasteiger partial charge in [0.2, 0.25) is 0 Å². The van der Waals surface area contributed by atoms with Crippen LogP contribution in [0, 0.1) is 5.92 Å². The molecule has 0 radical (unpaired) electrons. The Morgan fingerprint density at radius 3 is 2.78 bits per heavy atom. The number of rotatable bonds is 4. The highest BCUT2D eigenvalue weighted by atomic mass is 16.6. The zero-order valence-corrected chi connectivity index (χ0v) is 13.6. The fourth-order valence-electron chi connectivity index (χ4n) is 3.34. The normalized spacial score (nSPS) is 24.8. The van der Waals surface area contributed by atoms with Gasteiger partial charge in [-0.15, -0.1) is 0 Å². The molecule has 0 aliphatic carbocycles. The van der Waals surface area contributed by atoms with E-state index < -0.39 is 12.1 Å². The predicted octanol–water partition coefficient (Wildman–Crippen LogP) is 2.95. The fourth-order valence-corrected chi connectivity index (χ4v) is 3.34. The first-order chi connectivity index (χ1) is 11.1. The number of benzene rings is 1. The van der Waals surface area contributed by atoms with E-state index in [0.717, 1.165) is 12.0 Å². The Morgan fingerprint density at radius 1 is 1.35 bits per heavy atom. The SMILES string of the molecule is CC(C)CC(OC(=O)N1CC[C@H]2OCC(=O)[C@H]21)c1ccccc1. The first kappa shape index (κ1) is 16.0. The lowest BCUT2D eigenvalue weighted by molar-refractivity contribution is -0.121. The molecule has 23 heavy (non-hydrogen) atoms. The first-order valence-electron chi connectivity index (χ1n) is 8.22. The van der Waals surface area contributed by atoms with Crippen LogP contribution in [0.25, 0.3) is 0 Å². The maximum atomic E-state index is 12.6. The zero-order valence-electron chi connectivity index (χ0n) is 13.6. The van der Waals surface area contributed by atoms with Gasteiger partial charge in [-0.1, -0.05) is 44.2 Å². The second-order valence-electron chi connectivity index (χ2n) is 6.66. The van der Waals surface area contributed by atoms with Gasteiger partial charge in [-0.3, -0.25) is 9.69 Å². The first-order valence-corrected chi connectivity index (χ1v) is 8.22. The van der Waals surface area contributed by atoms with Crippen molar-refractivity contribution in [3.05, 3.63) is 35.9 Å². The minimum absolute atomic E-state index is 0.0235. The number of nitrogens with zero attached hydrogens (tertiary/aromatic N) is 1. The van der Waals surface area contributed by atoms with Crippen LogP contribution in [0.3, 0.4) is 0 Å². The van der Waals surface area contributed by atoms with Gasteiger partial charge in [0.25, 0.3) is 0 Å². The molecule has 0 saturated carbocycles. The summed E-state index contributed by atoms with van der Waals surface area (Å²) < 4.78 is 11.2. The van der Waals surface area contributed by atoms with Gasteiger partial charge in [0, 0.05) is 6.54 Å². The van der Waals surface area contributed by atoms with Crippen molar-refractivity contribution in [3.8, 4) is 0 Å². The third-order valence-corrected chi connectivity index (χ3v) is 4.45. The Morgan fingerprint density at radius 2 is 2.09 bits per heavy atom. The van der Waals surface area contributed by atoms with Crippen LogP contribution >= 0.6 is 0 Å². The Balaban J connectivity index is 1.72. The molecular formula is C18H23NO4. The molecule has 2 aliphatic heterocycles. The monoisotopic (exact) mass is 317 g/mol. The van der Waals surface area contributed by atoms with Crippen molar-refractivity contribution in [3.63, 3.8) is 0 Å². The van der Waals surface area contributed by atoms with Crippen LogP contribution in [-0.4, -0.2) is 42.1 Å². The van der Waals surface area contributed by atoms with Gasteiger partial charge in [-0.2, -0.15) is 0 Å². The maximum absolute atomic E-state index is 12.6. The summed E-state index contributed by atoms with van der Waals surface area (Å²) in [5.74, 6) is 0.375. The molecule has 0 aromatic heterocycles. The molecule has 1 aromatic carbocycles. The number of hydrogen-bond acceptors (Lipinski definition) is 4. The zero-order chi connectivity index (χ0) is 16.4. The third-order valence-electron chi connectivity index (χ3n) is 4.45. The van der Waals surface area contributed by atoms with E-state index in [1.165, 1.54) is 4.90 Å². The molecule has 5 heteroatoms. The molecule has 0 spiro atoms. The van der Waals surface area contributed by atoms with E-state index in [1.807, 2.05) is 30.3 Å². The van der Waals surface area contributed by atoms with Gasteiger partial charge in [0.15, 0.2) is 5.78 Å². The summed E-state index contributed by atoms with van der Waals surface area (Å²) in [5, 5.41) is 0. The number of ether oxygens (including phenoxy) is 2. The lowest BCUT2D eigenvalue weighted by Gasteiger charge is -2.26. The minimum atomic E-state index is -0.460. The Hall–Kier alpha value is -1.88. The fraction of sp³-hybridized carbons (Fsp3) is 0.556. The van der Waals surface area contributed by atoms with Crippen molar-refractivity contribution in [2.45, 2.75) is 44.9 Å². The smallest absolute Gasteiger partial charge is 0.411 e. The van der Waals surface area contributed by atoms with Crippen LogP contribution < -0.4 is 0 Å². The number of amides is 1. The summed E-state index contributed by atoms with van der Waals surface area (Å²) in [6, 6.07) is 9.30. The van der Waals surface area contributed by atoms with Gasteiger partial charge in [-0.25, -0.2) is 4.79 Å². The molecule has 1 amide bonds. The number of carbonyl (C=O) groups is 2. The van der Waals surface area contributed by atoms with E-state index >= 15 is 0 Å². The van der Waals surface area contributed by atoms with Crippen LogP contribution in [0.15, 0.2) is 30.3 Å². The van der Waals surface area contributed by atoms with Gasteiger partial charge in [-0.05, 0) is 24.3 Å². The summed E-state index contributed by atoms with van der Waals surface area (Å²) in [5.41, 5.74) is 0.985. The minimum Gasteiger partial charge on any atom is -0.441 e. The van der Waals surface area contributed by atoms with E-state index in [4.69, 9.17) is 9.47 Å². The Bertz CT molecular complexity index is 572. The van der Waals surface area contributed by atoms with Crippen LogP contribution in [0.2, 0.25) is 0 Å². The average Bonchev–Trinajstić information content (AvgIpc) is 3.10. The summed E-state index contributed by atoms with van der Waals surface area (Å²) in [4.78, 5) is 26.1. The standard InChI is InChI=1S/C18H23NO4/c1-12(2)10-16(13-6-4-3-5-7-13)23-18(21)19-9-8-15-17(19)14(20)11-22-15/h3-7,12,15-17H,8-11H2,1-2H3/t15-,16?,17-/m1/s1. The quantitative estimate of drug-likeness (QED) is 0.857. The van der Waals surface area contributed by atoms with Crippen molar-refractivity contribution >= 4 is 11.9 Å². The van der Waals surface area contributed by atoms with Gasteiger partial charge in [0.1, 0.15) is 18.8 Å². The predicted molar refractivity (Wildman–Crippen MR) is 85.0 cm³/mol. The van der Waals surface area contributed by atoms with Crippen molar-refractivity contribution in [2.75, 3.05) is 13.2 Å². The van der Waals surface area contributed by atoms with Crippen LogP contribution in [0.1, 0.15) is 38.4 Å². The number of Topliss-reactive ketones (excluding diaryl/α,β-unsaturated/α-hetero) is 1. The summed E-state index contributed by atoms with van der Waals surface area (Å²) in [7, 11) is 0. The second-order valence-corrected chi connectivity index (χ2v) is 6.66. The van der Waals surface area contributed by atoms with Crippen LogP contribution in [-0.2, 0) is 14.3 Å². The summed E-state index contributed by atoms with van der Waals surface area (Å²) >= 11 is 0. The molecule has 3 atom stereocenters. The molecule has 0 bridgehead atoms. The highest BCUT2D eigenvalue weighted by Crippen LogP contribution is 2.31. The number of hydrogen-bond donors (Lipinski definition) is 0. The van der Waals surface area contributed by atoms with E-state index in [1.54, 1.807) is 0 Å². The average molecular weight is 317 g/mol. The maximum Gasteiger partial charge on any atom is 0.411 e. The van der Waals surface area contributed by atoms with E-state index in [0.29, 0.717) is 18.9 Å². The molecule has 2 aliphatic rings. The molecule has 2 fully saturated rings. The Kier molecular flexibility index (Phi) is 4.66. The van der Waals surface area contributed by atoms with E-state index in [-0.39, 0.29) is 24.6 Å². The van der Waals surface area contributed by atoms with Crippen molar-refractivity contribution in [1.29, 1.82) is 0 Å². The molecule has 1 aromatic rings. The molecule has 1 unspecified atom stereocenters. The van der Waals surface area contributed by atoms with E-state index in [2.05, 4.69) is 13.8 Å². The lowest BCUT2D eigenvalue weighted by Crippen LogP contribution is -2.42. The molecule has 5 nitrogen and oxygen atoms in total. The highest BCUT2D eigenvalue weighted by molar-refractivity contribution is 5.91. The van der Waals surface area contributed by atoms with Gasteiger partial charge >= 0.3 is 6.09 Å². The number of fused-ring (bicyclic) bond motifs is 1.